The van der Waals surface area contributed by atoms with Crippen molar-refractivity contribution >= 4 is 10.1 Å². The Morgan fingerprint density at radius 1 is 1.20 bits per heavy atom. The number of hydrogen-bond donors (Lipinski definition) is 0. The zero-order valence-corrected chi connectivity index (χ0v) is 9.53. The van der Waals surface area contributed by atoms with Gasteiger partial charge in [0.15, 0.2) is 6.29 Å². The average Bonchev–Trinajstić information content (AvgIpc) is 2.68. The molecular formula is C9H16O5S. The van der Waals surface area contributed by atoms with Crippen LogP contribution in [0.4, 0.5) is 0 Å². The van der Waals surface area contributed by atoms with Gasteiger partial charge < -0.3 is 9.47 Å². The lowest BCUT2D eigenvalue weighted by Crippen LogP contribution is -2.31. The number of hydrogen-bond acceptors (Lipinski definition) is 5. The third-order valence-corrected chi connectivity index (χ3v) is 3.40. The van der Waals surface area contributed by atoms with Crippen LogP contribution >= 0.6 is 0 Å². The van der Waals surface area contributed by atoms with Crippen LogP contribution in [0.25, 0.3) is 0 Å². The highest BCUT2D eigenvalue weighted by molar-refractivity contribution is 7.86. The van der Waals surface area contributed by atoms with Crippen molar-refractivity contribution in [2.75, 3.05) is 19.5 Å². The molecule has 0 amide bonds. The largest absolute Gasteiger partial charge is 0.350 e. The lowest BCUT2D eigenvalue weighted by molar-refractivity contribution is -0.102. The van der Waals surface area contributed by atoms with E-state index >= 15 is 0 Å². The van der Waals surface area contributed by atoms with E-state index in [9.17, 15) is 8.42 Å². The van der Waals surface area contributed by atoms with E-state index in [1.165, 1.54) is 0 Å². The van der Waals surface area contributed by atoms with Crippen molar-refractivity contribution in [1.82, 2.24) is 0 Å². The highest BCUT2D eigenvalue weighted by Gasteiger charge is 2.39. The average molecular weight is 236 g/mol. The molecule has 1 aliphatic heterocycles. The summed E-state index contributed by atoms with van der Waals surface area (Å²) in [6.45, 7) is 1.18. The van der Waals surface area contributed by atoms with Gasteiger partial charge in [-0.15, -0.1) is 0 Å². The summed E-state index contributed by atoms with van der Waals surface area (Å²) in [5, 5.41) is 0. The van der Waals surface area contributed by atoms with Gasteiger partial charge in [-0.05, 0) is 12.8 Å². The van der Waals surface area contributed by atoms with Gasteiger partial charge in [0.25, 0.3) is 10.1 Å². The van der Waals surface area contributed by atoms with Gasteiger partial charge in [0.05, 0.1) is 25.6 Å². The van der Waals surface area contributed by atoms with Gasteiger partial charge in [-0.25, -0.2) is 0 Å². The summed E-state index contributed by atoms with van der Waals surface area (Å²) in [6.07, 6.45) is 3.17. The molecule has 2 atom stereocenters. The van der Waals surface area contributed by atoms with Crippen LogP contribution in [0.3, 0.4) is 0 Å². The van der Waals surface area contributed by atoms with Crippen LogP contribution in [0, 0.1) is 5.92 Å². The summed E-state index contributed by atoms with van der Waals surface area (Å²) in [5.74, 6) is 0.0576. The summed E-state index contributed by atoms with van der Waals surface area (Å²) in [4.78, 5) is 0. The van der Waals surface area contributed by atoms with Crippen molar-refractivity contribution in [3.05, 3.63) is 0 Å². The van der Waals surface area contributed by atoms with E-state index < -0.39 is 10.1 Å². The molecule has 1 saturated heterocycles. The molecule has 0 spiro atoms. The second kappa shape index (κ2) is 4.37. The molecule has 0 aromatic heterocycles. The van der Waals surface area contributed by atoms with Crippen LogP contribution in [0.5, 0.6) is 0 Å². The molecule has 1 aliphatic carbocycles. The summed E-state index contributed by atoms with van der Waals surface area (Å²) >= 11 is 0. The second-order valence-corrected chi connectivity index (χ2v) is 5.64. The minimum absolute atomic E-state index is 0.0576. The third-order valence-electron chi connectivity index (χ3n) is 2.80. The first-order chi connectivity index (χ1) is 7.06. The van der Waals surface area contributed by atoms with Gasteiger partial charge in [-0.1, -0.05) is 6.42 Å². The first-order valence-electron chi connectivity index (χ1n) is 5.18. The predicted molar refractivity (Wildman–Crippen MR) is 52.7 cm³/mol. The molecule has 0 radical (unpaired) electrons. The Bertz CT molecular complexity index is 306. The molecule has 1 saturated carbocycles. The predicted octanol–water partition coefficient (Wildman–Crippen LogP) is 0.504. The molecule has 0 aromatic rings. The molecule has 0 N–H and O–H groups in total. The van der Waals surface area contributed by atoms with Gasteiger partial charge in [-0.2, -0.15) is 8.42 Å². The van der Waals surface area contributed by atoms with Crippen molar-refractivity contribution in [3.63, 3.8) is 0 Å². The van der Waals surface area contributed by atoms with E-state index in [0.717, 1.165) is 25.5 Å². The molecular weight excluding hydrogens is 220 g/mol. The fourth-order valence-corrected chi connectivity index (χ4v) is 2.92. The fraction of sp³-hybridized carbons (Fsp3) is 1.00. The summed E-state index contributed by atoms with van der Waals surface area (Å²) < 4.78 is 37.9. The molecule has 2 rings (SSSR count). The monoisotopic (exact) mass is 236 g/mol. The van der Waals surface area contributed by atoms with Gasteiger partial charge in [0.1, 0.15) is 0 Å². The van der Waals surface area contributed by atoms with Crippen LogP contribution in [0.2, 0.25) is 0 Å². The Balaban J connectivity index is 1.98. The molecule has 0 aromatic carbocycles. The van der Waals surface area contributed by atoms with E-state index in [0.29, 0.717) is 13.2 Å². The number of ether oxygens (including phenoxy) is 2. The van der Waals surface area contributed by atoms with Crippen LogP contribution in [-0.2, 0) is 23.8 Å². The molecule has 88 valence electrons. The minimum atomic E-state index is -3.38. The van der Waals surface area contributed by atoms with Gasteiger partial charge in [0.2, 0.25) is 0 Å². The van der Waals surface area contributed by atoms with Crippen molar-refractivity contribution in [2.24, 2.45) is 5.92 Å². The van der Waals surface area contributed by atoms with E-state index in [-0.39, 0.29) is 18.3 Å². The van der Waals surface area contributed by atoms with Gasteiger partial charge >= 0.3 is 0 Å². The first kappa shape index (κ1) is 11.3. The Labute approximate surface area is 89.8 Å². The van der Waals surface area contributed by atoms with E-state index in [2.05, 4.69) is 0 Å². The smallest absolute Gasteiger partial charge is 0.264 e. The molecule has 0 bridgehead atoms. The Hall–Kier alpha value is -0.170. The zero-order valence-electron chi connectivity index (χ0n) is 8.72. The fourth-order valence-electron chi connectivity index (χ4n) is 2.23. The molecule has 6 heteroatoms. The molecule has 0 unspecified atom stereocenters. The van der Waals surface area contributed by atoms with Crippen molar-refractivity contribution in [1.29, 1.82) is 0 Å². The Morgan fingerprint density at radius 3 is 2.47 bits per heavy atom. The van der Waals surface area contributed by atoms with Crippen molar-refractivity contribution in [2.45, 2.75) is 31.7 Å². The highest BCUT2D eigenvalue weighted by atomic mass is 32.2. The number of rotatable bonds is 3. The molecule has 15 heavy (non-hydrogen) atoms. The van der Waals surface area contributed by atoms with Crippen molar-refractivity contribution in [3.8, 4) is 0 Å². The lowest BCUT2D eigenvalue weighted by Gasteiger charge is -2.23. The first-order valence-corrected chi connectivity index (χ1v) is 6.99. The standard InChI is InChI=1S/C9H16O5S/c1-15(10,11)14-8-4-2-3-7(8)9-12-5-6-13-9/h7-9H,2-6H2,1H3/t7-,8-/m1/s1. The SMILES string of the molecule is CS(=O)(=O)O[C@@H]1CCC[C@H]1C1OCCO1. The van der Waals surface area contributed by atoms with E-state index in [1.807, 2.05) is 0 Å². The maximum absolute atomic E-state index is 11.0. The van der Waals surface area contributed by atoms with Gasteiger partial charge in [0, 0.05) is 5.92 Å². The topological polar surface area (TPSA) is 61.8 Å². The third kappa shape index (κ3) is 2.90. The summed E-state index contributed by atoms with van der Waals surface area (Å²) in [6, 6.07) is 0. The zero-order chi connectivity index (χ0) is 10.9. The van der Waals surface area contributed by atoms with Crippen molar-refractivity contribution < 1.29 is 22.1 Å². The highest BCUT2D eigenvalue weighted by Crippen LogP contribution is 2.34. The quantitative estimate of drug-likeness (QED) is 0.668. The second-order valence-electron chi connectivity index (χ2n) is 4.04. The molecule has 2 fully saturated rings. The Morgan fingerprint density at radius 2 is 1.87 bits per heavy atom. The van der Waals surface area contributed by atoms with Crippen LogP contribution < -0.4 is 0 Å². The van der Waals surface area contributed by atoms with Crippen LogP contribution in [0.15, 0.2) is 0 Å². The Kier molecular flexibility index (Phi) is 3.30. The van der Waals surface area contributed by atoms with E-state index in [1.54, 1.807) is 0 Å². The maximum Gasteiger partial charge on any atom is 0.264 e. The summed E-state index contributed by atoms with van der Waals surface area (Å²) in [7, 11) is -3.38. The maximum atomic E-state index is 11.0. The lowest BCUT2D eigenvalue weighted by atomic mass is 10.1. The normalized spacial score (nSPS) is 33.7. The van der Waals surface area contributed by atoms with Gasteiger partial charge in [-0.3, -0.25) is 4.18 Å². The summed E-state index contributed by atoms with van der Waals surface area (Å²) in [5.41, 5.74) is 0. The molecule has 1 heterocycles. The molecule has 5 nitrogen and oxygen atoms in total. The van der Waals surface area contributed by atoms with Crippen LogP contribution in [-0.4, -0.2) is 40.3 Å². The molecule has 2 aliphatic rings. The minimum Gasteiger partial charge on any atom is -0.350 e. The van der Waals surface area contributed by atoms with E-state index in [4.69, 9.17) is 13.7 Å². The van der Waals surface area contributed by atoms with Crippen LogP contribution in [0.1, 0.15) is 19.3 Å².